The van der Waals surface area contributed by atoms with Gasteiger partial charge in [-0.15, -0.1) is 0 Å². The summed E-state index contributed by atoms with van der Waals surface area (Å²) >= 11 is 0. The third kappa shape index (κ3) is 4.29. The highest BCUT2D eigenvalue weighted by Gasteiger charge is 2.31. The van der Waals surface area contributed by atoms with Crippen LogP contribution in [0.25, 0.3) is 0 Å². The first kappa shape index (κ1) is 18.1. The van der Waals surface area contributed by atoms with Crippen molar-refractivity contribution in [1.82, 2.24) is 15.1 Å². The van der Waals surface area contributed by atoms with Crippen LogP contribution in [0.5, 0.6) is 0 Å². The quantitative estimate of drug-likeness (QED) is 0.662. The van der Waals surface area contributed by atoms with Crippen LogP contribution in [0.3, 0.4) is 0 Å². The zero-order valence-electron chi connectivity index (χ0n) is 14.8. The maximum absolute atomic E-state index is 12.3. The Morgan fingerprint density at radius 3 is 2.62 bits per heavy atom. The van der Waals surface area contributed by atoms with E-state index in [1.165, 1.54) is 0 Å². The minimum Gasteiger partial charge on any atom is -0.396 e. The van der Waals surface area contributed by atoms with E-state index in [-0.39, 0.29) is 12.6 Å². The van der Waals surface area contributed by atoms with E-state index in [2.05, 4.69) is 22.7 Å². The number of aliphatic hydroxyl groups excluding tert-OH is 1. The van der Waals surface area contributed by atoms with Crippen LogP contribution >= 0.6 is 0 Å². The Hall–Kier alpha value is -2.67. The average Bonchev–Trinajstić information content (AvgIpc) is 3.41. The molecule has 1 heterocycles. The largest absolute Gasteiger partial charge is 0.396 e. The third-order valence-corrected chi connectivity index (χ3v) is 4.73. The van der Waals surface area contributed by atoms with E-state index in [1.807, 2.05) is 30.3 Å². The summed E-state index contributed by atoms with van der Waals surface area (Å²) in [4.78, 5) is 24.6. The van der Waals surface area contributed by atoms with Gasteiger partial charge < -0.3 is 15.7 Å². The fourth-order valence-corrected chi connectivity index (χ4v) is 3.05. The van der Waals surface area contributed by atoms with E-state index in [4.69, 9.17) is 0 Å². The molecule has 1 aliphatic rings. The Balaban J connectivity index is 1.64. The van der Waals surface area contributed by atoms with Crippen LogP contribution < -0.4 is 10.6 Å². The van der Waals surface area contributed by atoms with Gasteiger partial charge in [-0.1, -0.05) is 30.3 Å². The Bertz CT molecular complexity index is 755. The molecular weight excluding hydrogens is 332 g/mol. The molecule has 0 saturated heterocycles. The molecule has 138 valence electrons. The van der Waals surface area contributed by atoms with Gasteiger partial charge in [0.15, 0.2) is 0 Å². The van der Waals surface area contributed by atoms with Crippen molar-refractivity contribution in [2.75, 3.05) is 11.9 Å². The molecular formula is C19H24N4O3. The molecule has 2 amide bonds. The predicted molar refractivity (Wildman–Crippen MR) is 97.3 cm³/mol. The smallest absolute Gasteiger partial charge is 0.314 e. The van der Waals surface area contributed by atoms with Crippen molar-refractivity contribution in [2.45, 2.75) is 38.3 Å². The summed E-state index contributed by atoms with van der Waals surface area (Å²) in [5.41, 5.74) is 0.843. The Morgan fingerprint density at radius 2 is 1.96 bits per heavy atom. The van der Waals surface area contributed by atoms with Gasteiger partial charge in [-0.3, -0.25) is 9.59 Å². The number of anilines is 1. The molecule has 1 saturated carbocycles. The number of carbonyl (C=O) groups excluding carboxylic acids is 2. The number of carbonyl (C=O) groups is 2. The maximum Gasteiger partial charge on any atom is 0.314 e. The van der Waals surface area contributed by atoms with Crippen LogP contribution in [-0.2, 0) is 9.59 Å². The number of aromatic nitrogens is 2. The van der Waals surface area contributed by atoms with Crippen molar-refractivity contribution in [1.29, 1.82) is 0 Å². The lowest BCUT2D eigenvalue weighted by molar-refractivity contribution is -0.136. The van der Waals surface area contributed by atoms with Crippen molar-refractivity contribution in [3.8, 4) is 0 Å². The number of amides is 2. The first-order chi connectivity index (χ1) is 12.6. The number of rotatable bonds is 7. The topological polar surface area (TPSA) is 96.2 Å². The van der Waals surface area contributed by atoms with E-state index in [0.717, 1.165) is 18.4 Å². The maximum atomic E-state index is 12.3. The number of nitrogens with zero attached hydrogens (tertiary/aromatic N) is 2. The summed E-state index contributed by atoms with van der Waals surface area (Å²) < 4.78 is 1.76. The van der Waals surface area contributed by atoms with Gasteiger partial charge in [0, 0.05) is 12.7 Å². The van der Waals surface area contributed by atoms with E-state index in [1.54, 1.807) is 16.9 Å². The van der Waals surface area contributed by atoms with Crippen molar-refractivity contribution < 1.29 is 14.7 Å². The molecule has 2 unspecified atom stereocenters. The Kier molecular flexibility index (Phi) is 5.68. The summed E-state index contributed by atoms with van der Waals surface area (Å²) in [6.07, 6.45) is 4.27. The number of aliphatic hydroxyl groups is 1. The molecule has 0 spiro atoms. The summed E-state index contributed by atoms with van der Waals surface area (Å²) in [5, 5.41) is 18.8. The third-order valence-electron chi connectivity index (χ3n) is 4.73. The number of benzene rings is 1. The minimum absolute atomic E-state index is 0.0901. The van der Waals surface area contributed by atoms with Gasteiger partial charge >= 0.3 is 11.8 Å². The van der Waals surface area contributed by atoms with Gasteiger partial charge in [0.05, 0.1) is 18.3 Å². The first-order valence-electron chi connectivity index (χ1n) is 8.91. The highest BCUT2D eigenvalue weighted by atomic mass is 16.3. The summed E-state index contributed by atoms with van der Waals surface area (Å²) in [6.45, 7) is 1.97. The predicted octanol–water partition coefficient (Wildman–Crippen LogP) is 2.03. The van der Waals surface area contributed by atoms with Gasteiger partial charge in [-0.2, -0.15) is 5.10 Å². The molecule has 26 heavy (non-hydrogen) atoms. The molecule has 3 N–H and O–H groups in total. The highest BCUT2D eigenvalue weighted by Crippen LogP contribution is 2.40. The van der Waals surface area contributed by atoms with Gasteiger partial charge in [0.1, 0.15) is 5.82 Å². The summed E-state index contributed by atoms with van der Waals surface area (Å²) in [7, 11) is 0. The summed E-state index contributed by atoms with van der Waals surface area (Å²) in [6, 6.07) is 10.7. The second-order valence-corrected chi connectivity index (χ2v) is 6.64. The molecule has 1 aliphatic carbocycles. The normalized spacial score (nSPS) is 15.9. The SMILES string of the molecule is CC(C1CC1)n1nccc1NC(=O)C(=O)NC(CCO)c1ccccc1. The van der Waals surface area contributed by atoms with Crippen LogP contribution in [0.4, 0.5) is 5.82 Å². The van der Waals surface area contributed by atoms with Crippen molar-refractivity contribution in [3.63, 3.8) is 0 Å². The molecule has 2 atom stereocenters. The van der Waals surface area contributed by atoms with Gasteiger partial charge in [0.2, 0.25) is 0 Å². The molecule has 7 heteroatoms. The summed E-state index contributed by atoms with van der Waals surface area (Å²) in [5.74, 6) is -0.387. The van der Waals surface area contributed by atoms with E-state index in [0.29, 0.717) is 18.2 Å². The van der Waals surface area contributed by atoms with Crippen LogP contribution in [0.15, 0.2) is 42.6 Å². The zero-order valence-corrected chi connectivity index (χ0v) is 14.8. The lowest BCUT2D eigenvalue weighted by atomic mass is 10.0. The molecule has 2 aromatic rings. The molecule has 1 aromatic carbocycles. The monoisotopic (exact) mass is 356 g/mol. The molecule has 1 aromatic heterocycles. The van der Waals surface area contributed by atoms with Crippen LogP contribution in [-0.4, -0.2) is 33.3 Å². The lowest BCUT2D eigenvalue weighted by Gasteiger charge is -2.19. The molecule has 1 fully saturated rings. The lowest BCUT2D eigenvalue weighted by Crippen LogP contribution is -2.38. The van der Waals surface area contributed by atoms with Gasteiger partial charge in [-0.05, 0) is 37.7 Å². The number of hydrogen-bond donors (Lipinski definition) is 3. The fourth-order valence-electron chi connectivity index (χ4n) is 3.05. The zero-order chi connectivity index (χ0) is 18.5. The van der Waals surface area contributed by atoms with E-state index < -0.39 is 17.9 Å². The minimum atomic E-state index is -0.742. The van der Waals surface area contributed by atoms with Crippen LogP contribution in [0.2, 0.25) is 0 Å². The van der Waals surface area contributed by atoms with Crippen molar-refractivity contribution >= 4 is 17.6 Å². The molecule has 0 radical (unpaired) electrons. The second-order valence-electron chi connectivity index (χ2n) is 6.64. The van der Waals surface area contributed by atoms with Gasteiger partial charge in [-0.25, -0.2) is 4.68 Å². The first-order valence-corrected chi connectivity index (χ1v) is 8.91. The van der Waals surface area contributed by atoms with Crippen LogP contribution in [0, 0.1) is 5.92 Å². The Labute approximate surface area is 152 Å². The standard InChI is InChI=1S/C19H24N4O3/c1-13(14-7-8-14)23-17(9-11-20-23)22-19(26)18(25)21-16(10-12-24)15-5-3-2-4-6-15/h2-6,9,11,13-14,16,24H,7-8,10,12H2,1H3,(H,21,25)(H,22,26). The molecule has 0 bridgehead atoms. The van der Waals surface area contributed by atoms with Crippen molar-refractivity contribution in [2.24, 2.45) is 5.92 Å². The fraction of sp³-hybridized carbons (Fsp3) is 0.421. The molecule has 0 aliphatic heterocycles. The average molecular weight is 356 g/mol. The van der Waals surface area contributed by atoms with Crippen molar-refractivity contribution in [3.05, 3.63) is 48.2 Å². The van der Waals surface area contributed by atoms with E-state index in [9.17, 15) is 14.7 Å². The Morgan fingerprint density at radius 1 is 1.23 bits per heavy atom. The van der Waals surface area contributed by atoms with Gasteiger partial charge in [0.25, 0.3) is 0 Å². The number of hydrogen-bond acceptors (Lipinski definition) is 4. The highest BCUT2D eigenvalue weighted by molar-refractivity contribution is 6.39. The van der Waals surface area contributed by atoms with Crippen LogP contribution in [0.1, 0.15) is 43.8 Å². The molecule has 7 nitrogen and oxygen atoms in total. The number of nitrogens with one attached hydrogen (secondary N) is 2. The second kappa shape index (κ2) is 8.14. The van der Waals surface area contributed by atoms with E-state index >= 15 is 0 Å². The molecule has 3 rings (SSSR count).